The number of anilines is 2. The number of piperidine rings is 1. The van der Waals surface area contributed by atoms with Crippen molar-refractivity contribution in [2.75, 3.05) is 36.0 Å². The lowest BCUT2D eigenvalue weighted by molar-refractivity contribution is 0.131. The van der Waals surface area contributed by atoms with Gasteiger partial charge in [0.2, 0.25) is 5.95 Å². The molecule has 4 heterocycles. The molecule has 0 aliphatic carbocycles. The number of aromatic nitrogens is 4. The van der Waals surface area contributed by atoms with Gasteiger partial charge >= 0.3 is 6.01 Å². The number of ether oxygens (including phenoxy) is 1. The van der Waals surface area contributed by atoms with Crippen LogP contribution in [0.4, 0.5) is 20.7 Å². The minimum Gasteiger partial charge on any atom is -0.487 e. The van der Waals surface area contributed by atoms with Crippen molar-refractivity contribution < 1.29 is 18.0 Å². The zero-order chi connectivity index (χ0) is 25.9. The minimum absolute atomic E-state index is 0.000772. The summed E-state index contributed by atoms with van der Waals surface area (Å²) >= 11 is 0. The highest BCUT2D eigenvalue weighted by molar-refractivity contribution is 5.39. The van der Waals surface area contributed by atoms with Gasteiger partial charge in [0.25, 0.3) is 0 Å². The van der Waals surface area contributed by atoms with E-state index in [0.717, 1.165) is 38.2 Å². The molecule has 0 radical (unpaired) electrons. The highest BCUT2D eigenvalue weighted by Gasteiger charge is 2.34. The summed E-state index contributed by atoms with van der Waals surface area (Å²) in [4.78, 5) is 17.5. The van der Waals surface area contributed by atoms with Gasteiger partial charge in [0.1, 0.15) is 12.5 Å². The molecule has 9 nitrogen and oxygen atoms in total. The summed E-state index contributed by atoms with van der Waals surface area (Å²) in [6.07, 6.45) is 6.00. The smallest absolute Gasteiger partial charge is 0.324 e. The molecule has 2 aromatic heterocycles. The quantitative estimate of drug-likeness (QED) is 0.483. The Kier molecular flexibility index (Phi) is 7.50. The van der Waals surface area contributed by atoms with Crippen molar-refractivity contribution in [3.05, 3.63) is 53.4 Å². The number of halogens is 2. The predicted octanol–water partition coefficient (Wildman–Crippen LogP) is 3.65. The van der Waals surface area contributed by atoms with Gasteiger partial charge < -0.3 is 24.8 Å². The maximum atomic E-state index is 14.5. The molecule has 198 valence electrons. The third-order valence-electron chi connectivity index (χ3n) is 7.45. The fourth-order valence-electron chi connectivity index (χ4n) is 5.20. The van der Waals surface area contributed by atoms with E-state index in [0.29, 0.717) is 47.8 Å². The molecule has 37 heavy (non-hydrogen) atoms. The Morgan fingerprint density at radius 3 is 2.59 bits per heavy atom. The van der Waals surface area contributed by atoms with E-state index >= 15 is 0 Å². The highest BCUT2D eigenvalue weighted by atomic mass is 19.1. The lowest BCUT2D eigenvalue weighted by Crippen LogP contribution is -2.38. The van der Waals surface area contributed by atoms with Crippen molar-refractivity contribution in [1.82, 2.24) is 20.1 Å². The fraction of sp³-hybridized carbons (Fsp3) is 0.538. The lowest BCUT2D eigenvalue weighted by Gasteiger charge is -2.33. The molecule has 2 aliphatic heterocycles. The second kappa shape index (κ2) is 11.0. The third kappa shape index (κ3) is 5.51. The molecule has 11 heteroatoms. The summed E-state index contributed by atoms with van der Waals surface area (Å²) in [6.45, 7) is 6.06. The molecule has 5 rings (SSSR count). The van der Waals surface area contributed by atoms with Gasteiger partial charge in [-0.2, -0.15) is 4.98 Å². The Labute approximate surface area is 215 Å². The van der Waals surface area contributed by atoms with Crippen LogP contribution in [0.1, 0.15) is 49.6 Å². The van der Waals surface area contributed by atoms with E-state index in [1.807, 2.05) is 11.8 Å². The molecule has 2 saturated heterocycles. The predicted molar refractivity (Wildman–Crippen MR) is 135 cm³/mol. The molecule has 1 aromatic carbocycles. The van der Waals surface area contributed by atoms with Crippen LogP contribution in [-0.2, 0) is 13.1 Å². The Morgan fingerprint density at radius 1 is 1.16 bits per heavy atom. The van der Waals surface area contributed by atoms with Crippen LogP contribution >= 0.6 is 0 Å². The van der Waals surface area contributed by atoms with Gasteiger partial charge in [-0.1, -0.05) is 18.1 Å². The number of benzene rings is 1. The third-order valence-corrected chi connectivity index (χ3v) is 7.45. The Hall–Kier alpha value is -3.34. The summed E-state index contributed by atoms with van der Waals surface area (Å²) < 4.78 is 39.1. The van der Waals surface area contributed by atoms with Gasteiger partial charge in [-0.3, -0.25) is 0 Å². The first kappa shape index (κ1) is 25.3. The van der Waals surface area contributed by atoms with E-state index < -0.39 is 6.67 Å². The molecule has 0 spiro atoms. The number of rotatable bonds is 8. The summed E-state index contributed by atoms with van der Waals surface area (Å²) in [6, 6.07) is 4.61. The first-order valence-corrected chi connectivity index (χ1v) is 12.9. The van der Waals surface area contributed by atoms with Crippen molar-refractivity contribution in [3.63, 3.8) is 0 Å². The van der Waals surface area contributed by atoms with Gasteiger partial charge in [0.15, 0.2) is 11.6 Å². The normalized spacial score (nSPS) is 21.4. The van der Waals surface area contributed by atoms with Crippen molar-refractivity contribution in [3.8, 4) is 5.75 Å². The standard InChI is InChI=1S/C26H33F2N7O2/c1-3-24-32-26(37-33-24)34-8-6-18(7-9-34)16(2)36-19-12-30-25(31-13-19)35-14-21(23(29)15-35)20-10-17(11-27)4-5-22(20)28/h4-5,10,12-13,16,18,21,23H,3,6-9,11,14-15,29H2,1-2H3/t16-,21+,23?/m0/s1. The van der Waals surface area contributed by atoms with Crippen LogP contribution < -0.4 is 20.3 Å². The zero-order valence-corrected chi connectivity index (χ0v) is 21.2. The molecular weight excluding hydrogens is 480 g/mol. The number of hydrogen-bond donors (Lipinski definition) is 1. The molecule has 1 unspecified atom stereocenters. The molecule has 2 N–H and O–H groups in total. The van der Waals surface area contributed by atoms with Gasteiger partial charge in [0.05, 0.1) is 18.5 Å². The largest absolute Gasteiger partial charge is 0.487 e. The van der Waals surface area contributed by atoms with Gasteiger partial charge in [0, 0.05) is 44.6 Å². The number of nitrogens with zero attached hydrogens (tertiary/aromatic N) is 6. The van der Waals surface area contributed by atoms with Crippen LogP contribution in [0, 0.1) is 11.7 Å². The molecule has 2 fully saturated rings. The molecule has 2 aliphatic rings. The van der Waals surface area contributed by atoms with E-state index in [-0.39, 0.29) is 23.9 Å². The average molecular weight is 514 g/mol. The minimum atomic E-state index is -0.639. The van der Waals surface area contributed by atoms with E-state index in [4.69, 9.17) is 15.0 Å². The van der Waals surface area contributed by atoms with Crippen LogP contribution in [0.25, 0.3) is 0 Å². The Bertz CT molecular complexity index is 1180. The average Bonchev–Trinajstić information content (AvgIpc) is 3.56. The van der Waals surface area contributed by atoms with Crippen LogP contribution in [0.2, 0.25) is 0 Å². The lowest BCUT2D eigenvalue weighted by atomic mass is 9.92. The molecule has 3 atom stereocenters. The van der Waals surface area contributed by atoms with Crippen LogP contribution in [-0.4, -0.2) is 58.4 Å². The molecule has 0 bridgehead atoms. The maximum absolute atomic E-state index is 14.5. The molecule has 0 saturated carbocycles. The maximum Gasteiger partial charge on any atom is 0.324 e. The van der Waals surface area contributed by atoms with Gasteiger partial charge in [-0.25, -0.2) is 18.7 Å². The van der Waals surface area contributed by atoms with Gasteiger partial charge in [-0.15, -0.1) is 0 Å². The van der Waals surface area contributed by atoms with Crippen LogP contribution in [0.3, 0.4) is 0 Å². The topological polar surface area (TPSA) is 106 Å². The number of nitrogens with two attached hydrogens (primary N) is 1. The van der Waals surface area contributed by atoms with Crippen molar-refractivity contribution in [2.24, 2.45) is 11.7 Å². The first-order valence-electron chi connectivity index (χ1n) is 12.9. The van der Waals surface area contributed by atoms with Crippen LogP contribution in [0.15, 0.2) is 35.1 Å². The summed E-state index contributed by atoms with van der Waals surface area (Å²) in [5.41, 5.74) is 7.22. The zero-order valence-electron chi connectivity index (χ0n) is 21.2. The number of hydrogen-bond acceptors (Lipinski definition) is 9. The van der Waals surface area contributed by atoms with E-state index in [1.54, 1.807) is 18.5 Å². The molecular formula is C26H33F2N7O2. The summed E-state index contributed by atoms with van der Waals surface area (Å²) in [5, 5.41) is 3.98. The van der Waals surface area contributed by atoms with Crippen molar-refractivity contribution in [1.29, 1.82) is 0 Å². The highest BCUT2D eigenvalue weighted by Crippen LogP contribution is 2.32. The second-order valence-corrected chi connectivity index (χ2v) is 9.88. The Balaban J connectivity index is 1.15. The van der Waals surface area contributed by atoms with Crippen molar-refractivity contribution in [2.45, 2.75) is 57.8 Å². The summed E-state index contributed by atoms with van der Waals surface area (Å²) in [7, 11) is 0. The monoisotopic (exact) mass is 513 g/mol. The van der Waals surface area contributed by atoms with E-state index in [1.165, 1.54) is 12.1 Å². The molecule has 3 aromatic rings. The first-order chi connectivity index (χ1) is 17.9. The van der Waals surface area contributed by atoms with Crippen LogP contribution in [0.5, 0.6) is 5.75 Å². The second-order valence-electron chi connectivity index (χ2n) is 9.88. The summed E-state index contributed by atoms with van der Waals surface area (Å²) in [5.74, 6) is 1.59. The van der Waals surface area contributed by atoms with Crippen molar-refractivity contribution >= 4 is 12.0 Å². The fourth-order valence-corrected chi connectivity index (χ4v) is 5.20. The Morgan fingerprint density at radius 2 is 1.92 bits per heavy atom. The van der Waals surface area contributed by atoms with E-state index in [2.05, 4.69) is 31.9 Å². The molecule has 0 amide bonds. The van der Waals surface area contributed by atoms with Gasteiger partial charge in [-0.05, 0) is 48.9 Å². The SMILES string of the molecule is CCc1noc(N2CCC([C@H](C)Oc3cnc(N4CC(N)[C@@H](c5cc(CF)ccc5F)C4)nc3)CC2)n1. The number of alkyl halides is 1. The number of aryl methyl sites for hydroxylation is 1. The van der Waals surface area contributed by atoms with E-state index in [9.17, 15) is 8.78 Å².